The molecule has 19 heavy (non-hydrogen) atoms. The fourth-order valence-corrected chi connectivity index (χ4v) is 2.94. The van der Waals surface area contributed by atoms with E-state index in [4.69, 9.17) is 37.4 Å². The molecular weight excluding hydrogens is 276 g/mol. The Hall–Kier alpha value is -0.103. The number of aliphatic hydroxyl groups excluding tert-OH is 2. The molecule has 0 bridgehead atoms. The molecule has 0 saturated heterocycles. The van der Waals surface area contributed by atoms with E-state index in [1.54, 1.807) is 14.2 Å². The Kier molecular flexibility index (Phi) is 12.8. The fourth-order valence-electron chi connectivity index (χ4n) is 1.09. The molecule has 0 spiro atoms. The van der Waals surface area contributed by atoms with E-state index >= 15 is 0 Å². The van der Waals surface area contributed by atoms with E-state index in [9.17, 15) is 0 Å². The Morgan fingerprint density at radius 3 is 1.32 bits per heavy atom. The highest BCUT2D eigenvalue weighted by Crippen LogP contribution is 2.12. The van der Waals surface area contributed by atoms with Crippen LogP contribution in [0.1, 0.15) is 0 Å². The van der Waals surface area contributed by atoms with Gasteiger partial charge in [0, 0.05) is 14.2 Å². The van der Waals surface area contributed by atoms with Crippen LogP contribution in [0.4, 0.5) is 0 Å². The first-order chi connectivity index (χ1) is 9.24. The summed E-state index contributed by atoms with van der Waals surface area (Å²) in [6, 6.07) is 0. The van der Waals surface area contributed by atoms with E-state index in [1.807, 2.05) is 0 Å². The Bertz CT molecular complexity index is 174. The average molecular weight is 300 g/mol. The molecule has 2 N–H and O–H groups in total. The van der Waals surface area contributed by atoms with Crippen molar-refractivity contribution in [3.8, 4) is 0 Å². The molecule has 0 aromatic rings. The summed E-state index contributed by atoms with van der Waals surface area (Å²) in [6.45, 7) is 0.853. The molecule has 0 rings (SSSR count). The van der Waals surface area contributed by atoms with Crippen molar-refractivity contribution >= 4 is 9.05 Å². The first kappa shape index (κ1) is 18.9. The molecule has 0 saturated carbocycles. The molecule has 0 aliphatic rings. The Balaban J connectivity index is 4.44. The van der Waals surface area contributed by atoms with Crippen molar-refractivity contribution in [3.63, 3.8) is 0 Å². The van der Waals surface area contributed by atoms with Crippen LogP contribution < -0.4 is 0 Å². The molecule has 9 heteroatoms. The zero-order valence-electron chi connectivity index (χ0n) is 11.5. The summed E-state index contributed by atoms with van der Waals surface area (Å²) in [5.41, 5.74) is 0. The number of ether oxygens (including phenoxy) is 2. The van der Waals surface area contributed by atoms with E-state index in [1.165, 1.54) is 0 Å². The van der Waals surface area contributed by atoms with Crippen LogP contribution in [0.3, 0.4) is 0 Å². The quantitative estimate of drug-likeness (QED) is 0.304. The van der Waals surface area contributed by atoms with Gasteiger partial charge in [-0.1, -0.05) is 0 Å². The number of methoxy groups -OCH3 is 2. The third-order valence-corrected chi connectivity index (χ3v) is 4.10. The average Bonchev–Trinajstić information content (AvgIpc) is 2.43. The van der Waals surface area contributed by atoms with Gasteiger partial charge in [0.15, 0.2) is 0 Å². The third kappa shape index (κ3) is 9.43. The predicted molar refractivity (Wildman–Crippen MR) is 67.5 cm³/mol. The lowest BCUT2D eigenvalue weighted by Gasteiger charge is -2.27. The second-order valence-corrected chi connectivity index (χ2v) is 5.48. The van der Waals surface area contributed by atoms with Gasteiger partial charge in [-0.05, 0) is 0 Å². The molecule has 0 fully saturated rings. The maximum Gasteiger partial charge on any atom is 0.680 e. The van der Waals surface area contributed by atoms with Crippen LogP contribution in [0, 0.1) is 0 Å². The highest BCUT2D eigenvalue weighted by Gasteiger charge is 2.45. The molecular formula is C10H24O8Si. The molecule has 0 aliphatic heterocycles. The normalized spacial score (nSPS) is 12.0. The van der Waals surface area contributed by atoms with Gasteiger partial charge in [-0.3, -0.25) is 0 Å². The summed E-state index contributed by atoms with van der Waals surface area (Å²) in [5, 5.41) is 17.7. The molecule has 8 nitrogen and oxygen atoms in total. The Morgan fingerprint density at radius 1 is 0.632 bits per heavy atom. The van der Waals surface area contributed by atoms with Crippen LogP contribution in [0.15, 0.2) is 0 Å². The van der Waals surface area contributed by atoms with E-state index in [0.29, 0.717) is 13.2 Å². The van der Waals surface area contributed by atoms with Gasteiger partial charge in [0.1, 0.15) is 0 Å². The summed E-state index contributed by atoms with van der Waals surface area (Å²) >= 11 is 0. The fraction of sp³-hybridized carbons (Fsp3) is 1.00. The Labute approximate surface area is 114 Å². The topological polar surface area (TPSA) is 95.8 Å². The van der Waals surface area contributed by atoms with Crippen LogP contribution in [-0.2, 0) is 27.2 Å². The van der Waals surface area contributed by atoms with Crippen molar-refractivity contribution in [2.75, 3.05) is 67.1 Å². The van der Waals surface area contributed by atoms with Crippen molar-refractivity contribution < 1.29 is 37.4 Å². The minimum absolute atomic E-state index is 0.0254. The van der Waals surface area contributed by atoms with Crippen LogP contribution in [0.5, 0.6) is 0 Å². The van der Waals surface area contributed by atoms with Crippen molar-refractivity contribution in [1.29, 1.82) is 0 Å². The second-order valence-electron chi connectivity index (χ2n) is 3.33. The summed E-state index contributed by atoms with van der Waals surface area (Å²) < 4.78 is 31.5. The number of rotatable bonds is 14. The lowest BCUT2D eigenvalue weighted by atomic mass is 10.8. The molecule has 0 aliphatic carbocycles. The molecule has 0 radical (unpaired) electrons. The van der Waals surface area contributed by atoms with Gasteiger partial charge in [0.25, 0.3) is 0 Å². The summed E-state index contributed by atoms with van der Waals surface area (Å²) in [5.74, 6) is 0. The zero-order chi connectivity index (χ0) is 14.4. The number of aliphatic hydroxyl groups is 2. The van der Waals surface area contributed by atoms with Gasteiger partial charge >= 0.3 is 9.05 Å². The number of hydrogen-bond acceptors (Lipinski definition) is 8. The minimum Gasteiger partial charge on any atom is -0.394 e. The molecule has 0 atom stereocenters. The second kappa shape index (κ2) is 12.9. The van der Waals surface area contributed by atoms with Crippen LogP contribution >= 0.6 is 0 Å². The first-order valence-corrected chi connectivity index (χ1v) is 7.63. The van der Waals surface area contributed by atoms with E-state index in [-0.39, 0.29) is 39.6 Å². The van der Waals surface area contributed by atoms with E-state index in [2.05, 4.69) is 0 Å². The first-order valence-electron chi connectivity index (χ1n) is 6.00. The standard InChI is InChI=1S/C10H24O8Si/c1-13-7-9-17-19(15-5-3-11,16-6-4-12)18-10-8-14-2/h11-12H,3-10H2,1-2H3. The largest absolute Gasteiger partial charge is 0.680 e. The maximum absolute atomic E-state index is 8.83. The summed E-state index contributed by atoms with van der Waals surface area (Å²) in [7, 11) is -0.306. The van der Waals surface area contributed by atoms with Crippen molar-refractivity contribution in [2.45, 2.75) is 0 Å². The third-order valence-electron chi connectivity index (χ3n) is 1.87. The van der Waals surface area contributed by atoms with Crippen molar-refractivity contribution in [1.82, 2.24) is 0 Å². The number of hydrogen-bond donors (Lipinski definition) is 2. The van der Waals surface area contributed by atoms with Gasteiger partial charge in [0.2, 0.25) is 0 Å². The van der Waals surface area contributed by atoms with E-state index in [0.717, 1.165) is 0 Å². The van der Waals surface area contributed by atoms with Crippen molar-refractivity contribution in [3.05, 3.63) is 0 Å². The smallest absolute Gasteiger partial charge is 0.394 e. The van der Waals surface area contributed by atoms with Gasteiger partial charge in [0.05, 0.1) is 52.9 Å². The monoisotopic (exact) mass is 300 g/mol. The SMILES string of the molecule is COCCO[Si](OCCO)(OCCO)OCCOC. The zero-order valence-corrected chi connectivity index (χ0v) is 12.5. The van der Waals surface area contributed by atoms with Crippen LogP contribution in [0.2, 0.25) is 0 Å². The highest BCUT2D eigenvalue weighted by molar-refractivity contribution is 6.53. The lowest BCUT2D eigenvalue weighted by Crippen LogP contribution is -2.51. The molecule has 116 valence electrons. The molecule has 0 amide bonds. The maximum atomic E-state index is 8.83. The summed E-state index contributed by atoms with van der Waals surface area (Å²) in [6.07, 6.45) is 0. The van der Waals surface area contributed by atoms with Gasteiger partial charge in [-0.15, -0.1) is 0 Å². The molecule has 0 unspecified atom stereocenters. The minimum atomic E-state index is -3.39. The van der Waals surface area contributed by atoms with Crippen molar-refractivity contribution in [2.24, 2.45) is 0 Å². The summed E-state index contributed by atoms with van der Waals surface area (Å²) in [4.78, 5) is 0. The highest BCUT2D eigenvalue weighted by atomic mass is 28.4. The van der Waals surface area contributed by atoms with Crippen LogP contribution in [0.25, 0.3) is 0 Å². The van der Waals surface area contributed by atoms with Crippen LogP contribution in [-0.4, -0.2) is 86.3 Å². The van der Waals surface area contributed by atoms with Gasteiger partial charge in [-0.25, -0.2) is 0 Å². The molecule has 0 aromatic heterocycles. The molecule has 0 aromatic carbocycles. The lowest BCUT2D eigenvalue weighted by molar-refractivity contribution is -0.0583. The Morgan fingerprint density at radius 2 is 1.00 bits per heavy atom. The molecule has 0 heterocycles. The van der Waals surface area contributed by atoms with E-state index < -0.39 is 9.05 Å². The van der Waals surface area contributed by atoms with Gasteiger partial charge < -0.3 is 37.4 Å². The van der Waals surface area contributed by atoms with Gasteiger partial charge in [-0.2, -0.15) is 0 Å². The predicted octanol–water partition coefficient (Wildman–Crippen LogP) is -1.23.